The average molecular weight is 587 g/mol. The van der Waals surface area contributed by atoms with Crippen molar-refractivity contribution >= 4 is 17.7 Å². The molecule has 1 saturated carbocycles. The fraction of sp³-hybridized carbons (Fsp3) is 0.594. The molecule has 0 spiro atoms. The van der Waals surface area contributed by atoms with Crippen LogP contribution in [0.15, 0.2) is 42.5 Å². The number of carboxylic acid groups (broad SMARTS) is 1. The molecule has 0 bridgehead atoms. The third-order valence-electron chi connectivity index (χ3n) is 8.21. The number of alkyl halides is 2. The monoisotopic (exact) mass is 586 g/mol. The van der Waals surface area contributed by atoms with Gasteiger partial charge in [-0.25, -0.2) is 18.6 Å². The van der Waals surface area contributed by atoms with Crippen molar-refractivity contribution < 1.29 is 28.2 Å². The Morgan fingerprint density at radius 1 is 1.10 bits per heavy atom. The molecule has 42 heavy (non-hydrogen) atoms. The molecule has 0 unspecified atom stereocenters. The van der Waals surface area contributed by atoms with Crippen LogP contribution in [0.1, 0.15) is 69.0 Å². The normalized spacial score (nSPS) is 17.2. The van der Waals surface area contributed by atoms with E-state index in [0.29, 0.717) is 19.7 Å². The zero-order chi connectivity index (χ0) is 29.8. The van der Waals surface area contributed by atoms with Crippen molar-refractivity contribution in [1.82, 2.24) is 15.2 Å². The highest BCUT2D eigenvalue weighted by Crippen LogP contribution is 2.37. The quantitative estimate of drug-likeness (QED) is 0.229. The molecule has 1 amide bonds. The minimum atomic E-state index is -2.65. The number of aryl methyl sites for hydroxylation is 2. The van der Waals surface area contributed by atoms with Crippen LogP contribution in [-0.2, 0) is 22.4 Å². The Bertz CT molecular complexity index is 1140. The van der Waals surface area contributed by atoms with Crippen LogP contribution in [0, 0.1) is 5.92 Å². The number of aliphatic carboxylic acids is 1. The van der Waals surface area contributed by atoms with E-state index >= 15 is 0 Å². The minimum Gasteiger partial charge on any atom is -0.492 e. The topological polar surface area (TPSA) is 104 Å². The van der Waals surface area contributed by atoms with Crippen LogP contribution in [-0.4, -0.2) is 71.6 Å². The maximum atomic E-state index is 13.5. The molecular weight excluding hydrogens is 542 g/mol. The van der Waals surface area contributed by atoms with Gasteiger partial charge in [-0.05, 0) is 87.6 Å². The summed E-state index contributed by atoms with van der Waals surface area (Å²) < 4.78 is 32.8. The van der Waals surface area contributed by atoms with Crippen molar-refractivity contribution in [3.63, 3.8) is 0 Å². The molecule has 2 aromatic rings. The Morgan fingerprint density at radius 2 is 1.88 bits per heavy atom. The number of nitrogens with zero attached hydrogens (tertiary/aromatic N) is 2. The van der Waals surface area contributed by atoms with E-state index in [0.717, 1.165) is 62.5 Å². The van der Waals surface area contributed by atoms with Crippen LogP contribution in [0.3, 0.4) is 0 Å². The lowest BCUT2D eigenvalue weighted by atomic mass is 9.84. The van der Waals surface area contributed by atoms with Gasteiger partial charge in [-0.15, -0.1) is 0 Å². The molecule has 3 N–H and O–H groups in total. The number of carboxylic acids is 1. The number of nitrogens with one attached hydrogen (secondary N) is 2. The van der Waals surface area contributed by atoms with Gasteiger partial charge in [0.25, 0.3) is 0 Å². The van der Waals surface area contributed by atoms with Crippen molar-refractivity contribution in [2.24, 2.45) is 5.92 Å². The molecule has 1 aromatic carbocycles. The van der Waals surface area contributed by atoms with Crippen molar-refractivity contribution in [1.29, 1.82) is 0 Å². The number of anilines is 1. The highest BCUT2D eigenvalue weighted by molar-refractivity contribution is 5.83. The second-order valence-electron chi connectivity index (χ2n) is 11.6. The van der Waals surface area contributed by atoms with Crippen molar-refractivity contribution in [2.45, 2.75) is 82.6 Å². The first-order chi connectivity index (χ1) is 20.3. The van der Waals surface area contributed by atoms with Crippen LogP contribution in [0.4, 0.5) is 14.6 Å². The second-order valence-corrected chi connectivity index (χ2v) is 11.6. The molecular formula is C32H44F2N4O4. The molecule has 2 heterocycles. The highest BCUT2D eigenvalue weighted by atomic mass is 19.3. The van der Waals surface area contributed by atoms with Gasteiger partial charge < -0.3 is 20.5 Å². The van der Waals surface area contributed by atoms with Gasteiger partial charge >= 0.3 is 5.97 Å². The number of rotatable bonds is 16. The third kappa shape index (κ3) is 10.5. The molecule has 2 aliphatic rings. The number of benzene rings is 1. The van der Waals surface area contributed by atoms with Gasteiger partial charge in [0.1, 0.15) is 24.2 Å². The first-order valence-electron chi connectivity index (χ1n) is 15.3. The number of carbonyl (C=O) groups excluding carboxylic acids is 1. The summed E-state index contributed by atoms with van der Waals surface area (Å²) in [5.41, 5.74) is 2.34. The number of para-hydroxylation sites is 1. The smallest absolute Gasteiger partial charge is 0.326 e. The molecule has 230 valence electrons. The maximum absolute atomic E-state index is 13.5. The molecule has 0 radical (unpaired) electrons. The number of hydrogen-bond donors (Lipinski definition) is 3. The summed E-state index contributed by atoms with van der Waals surface area (Å²) in [4.78, 5) is 31.5. The summed E-state index contributed by atoms with van der Waals surface area (Å²) in [5, 5.41) is 15.8. The predicted molar refractivity (Wildman–Crippen MR) is 158 cm³/mol. The van der Waals surface area contributed by atoms with E-state index in [4.69, 9.17) is 9.72 Å². The first kappa shape index (κ1) is 31.7. The Labute approximate surface area is 247 Å². The second kappa shape index (κ2) is 15.8. The number of pyridine rings is 1. The number of carbonyl (C=O) groups is 2. The molecule has 1 atom stereocenters. The number of unbranched alkanes of at least 4 members (excludes halogenated alkanes) is 1. The SMILES string of the molecule is O=C(CC1CCC(F)(F)CC1)N[C@@H](CCN(CCCCc1ccc2c(n1)NCCC2)CCOc1ccccc1)C(=O)O. The molecule has 1 aromatic heterocycles. The van der Waals surface area contributed by atoms with E-state index < -0.39 is 17.9 Å². The third-order valence-corrected chi connectivity index (χ3v) is 8.21. The lowest BCUT2D eigenvalue weighted by Crippen LogP contribution is -2.44. The van der Waals surface area contributed by atoms with Crippen molar-refractivity contribution in [3.05, 3.63) is 53.7 Å². The molecule has 8 nitrogen and oxygen atoms in total. The number of hydrogen-bond acceptors (Lipinski definition) is 6. The van der Waals surface area contributed by atoms with Crippen LogP contribution < -0.4 is 15.4 Å². The van der Waals surface area contributed by atoms with Crippen molar-refractivity contribution in [3.8, 4) is 5.75 Å². The summed E-state index contributed by atoms with van der Waals surface area (Å²) >= 11 is 0. The Morgan fingerprint density at radius 3 is 2.64 bits per heavy atom. The van der Waals surface area contributed by atoms with E-state index in [1.165, 1.54) is 5.56 Å². The number of halogens is 2. The molecule has 0 saturated heterocycles. The molecule has 10 heteroatoms. The summed E-state index contributed by atoms with van der Waals surface area (Å²) in [7, 11) is 0. The van der Waals surface area contributed by atoms with Crippen LogP contribution in [0.5, 0.6) is 5.75 Å². The summed E-state index contributed by atoms with van der Waals surface area (Å²) in [6.07, 6.45) is 5.38. The fourth-order valence-corrected chi connectivity index (χ4v) is 5.68. The molecule has 1 aliphatic heterocycles. The van der Waals surface area contributed by atoms with E-state index in [1.807, 2.05) is 30.3 Å². The Hall–Kier alpha value is -3.27. The largest absolute Gasteiger partial charge is 0.492 e. The molecule has 1 fully saturated rings. The van der Waals surface area contributed by atoms with Gasteiger partial charge in [0.05, 0.1) is 0 Å². The van der Waals surface area contributed by atoms with E-state index in [9.17, 15) is 23.5 Å². The standard InChI is InChI=1S/C32H44F2N4O4/c33-32(34)16-13-24(14-17-32)23-29(39)37-28(31(40)41)15-20-38(21-22-42-27-9-2-1-3-10-27)19-5-4-8-26-12-11-25-7-6-18-35-30(25)36-26/h1-3,9-12,24,28H,4-8,13-23H2,(H,35,36)(H,37,39)(H,40,41)/t28-/m0/s1. The van der Waals surface area contributed by atoms with E-state index in [2.05, 4.69) is 27.7 Å². The highest BCUT2D eigenvalue weighted by Gasteiger charge is 2.35. The zero-order valence-corrected chi connectivity index (χ0v) is 24.3. The lowest BCUT2D eigenvalue weighted by Gasteiger charge is -2.28. The average Bonchev–Trinajstić information content (AvgIpc) is 2.98. The van der Waals surface area contributed by atoms with Gasteiger partial charge in [0.2, 0.25) is 11.8 Å². The lowest BCUT2D eigenvalue weighted by molar-refractivity contribution is -0.142. The summed E-state index contributed by atoms with van der Waals surface area (Å²) in [6, 6.07) is 12.8. The van der Waals surface area contributed by atoms with Crippen LogP contribution >= 0.6 is 0 Å². The van der Waals surface area contributed by atoms with Gasteiger partial charge in [0, 0.05) is 44.6 Å². The Kier molecular flexibility index (Phi) is 11.9. The van der Waals surface area contributed by atoms with E-state index in [-0.39, 0.29) is 50.4 Å². The molecule has 1 aliphatic carbocycles. The van der Waals surface area contributed by atoms with Gasteiger partial charge in [0.15, 0.2) is 0 Å². The van der Waals surface area contributed by atoms with E-state index in [1.54, 1.807) is 0 Å². The minimum absolute atomic E-state index is 0.0841. The summed E-state index contributed by atoms with van der Waals surface area (Å²) in [6.45, 7) is 3.27. The predicted octanol–water partition coefficient (Wildman–Crippen LogP) is 5.32. The maximum Gasteiger partial charge on any atom is 0.326 e. The van der Waals surface area contributed by atoms with Gasteiger partial charge in [-0.3, -0.25) is 9.69 Å². The van der Waals surface area contributed by atoms with Crippen molar-refractivity contribution in [2.75, 3.05) is 38.1 Å². The van der Waals surface area contributed by atoms with Crippen LogP contribution in [0.25, 0.3) is 0 Å². The first-order valence-corrected chi connectivity index (χ1v) is 15.3. The summed E-state index contributed by atoms with van der Waals surface area (Å²) in [5.74, 6) is -2.48. The molecule has 4 rings (SSSR count). The van der Waals surface area contributed by atoms with Gasteiger partial charge in [-0.1, -0.05) is 24.3 Å². The zero-order valence-electron chi connectivity index (χ0n) is 24.3. The van der Waals surface area contributed by atoms with Crippen LogP contribution in [0.2, 0.25) is 0 Å². The number of aromatic nitrogens is 1. The number of ether oxygens (including phenoxy) is 1. The van der Waals surface area contributed by atoms with Gasteiger partial charge in [-0.2, -0.15) is 0 Å². The number of fused-ring (bicyclic) bond motifs is 1. The fourth-order valence-electron chi connectivity index (χ4n) is 5.68. The Balaban J connectivity index is 1.25. The number of amides is 1.